The molecule has 0 bridgehead atoms. The molecule has 0 amide bonds. The van der Waals surface area contributed by atoms with Gasteiger partial charge in [-0.05, 0) is 51.5 Å². The molecule has 3 nitrogen and oxygen atoms in total. The standard InChI is InChI=1S/C30H47O3P/c1-5-9-23-34(24-10-6-2,25-11-7-3)29(27-19-15-14-16-20-27)26-28(31)21-17-12-13-18-22-30(32)33-8-4/h14-16,18-22,26H,5-13,17,23-25H2,1-4H3/p+1/b22-18+,28-21-,29-26-. The molecule has 0 aliphatic carbocycles. The summed E-state index contributed by atoms with van der Waals surface area (Å²) in [5.74, 6) is 0.0879. The summed E-state index contributed by atoms with van der Waals surface area (Å²) < 4.78 is 4.91. The Kier molecular flexibility index (Phi) is 16.4. The second-order valence-corrected chi connectivity index (χ2v) is 13.1. The minimum absolute atomic E-state index is 0.289. The van der Waals surface area contributed by atoms with Crippen LogP contribution in [0.15, 0.2) is 60.4 Å². The van der Waals surface area contributed by atoms with E-state index in [1.165, 1.54) is 74.0 Å². The number of hydrogen-bond donors (Lipinski definition) is 1. The third kappa shape index (κ3) is 11.5. The van der Waals surface area contributed by atoms with Gasteiger partial charge in [0.25, 0.3) is 0 Å². The van der Waals surface area contributed by atoms with Gasteiger partial charge in [0, 0.05) is 25.0 Å². The van der Waals surface area contributed by atoms with E-state index in [-0.39, 0.29) is 5.97 Å². The summed E-state index contributed by atoms with van der Waals surface area (Å²) in [5.41, 5.74) is 1.27. The van der Waals surface area contributed by atoms with Crippen molar-refractivity contribution in [2.24, 2.45) is 0 Å². The van der Waals surface area contributed by atoms with Crippen molar-refractivity contribution in [3.05, 3.63) is 66.0 Å². The quantitative estimate of drug-likeness (QED) is 0.0560. The summed E-state index contributed by atoms with van der Waals surface area (Å²) in [6.45, 7) is 9.06. The summed E-state index contributed by atoms with van der Waals surface area (Å²) in [4.78, 5) is 11.4. The van der Waals surface area contributed by atoms with Crippen molar-refractivity contribution in [1.29, 1.82) is 0 Å². The molecule has 0 fully saturated rings. The van der Waals surface area contributed by atoms with Crippen LogP contribution in [0.4, 0.5) is 0 Å². The molecule has 0 aromatic heterocycles. The van der Waals surface area contributed by atoms with Crippen molar-refractivity contribution in [3.63, 3.8) is 0 Å². The number of ether oxygens (including phenoxy) is 1. The van der Waals surface area contributed by atoms with Crippen LogP contribution in [-0.4, -0.2) is 36.2 Å². The Bertz CT molecular complexity index is 743. The molecular weight excluding hydrogens is 439 g/mol. The third-order valence-electron chi connectivity index (χ3n) is 6.15. The van der Waals surface area contributed by atoms with Crippen molar-refractivity contribution >= 4 is 18.5 Å². The van der Waals surface area contributed by atoms with E-state index in [0.29, 0.717) is 12.4 Å². The Morgan fingerprint density at radius 2 is 1.47 bits per heavy atom. The van der Waals surface area contributed by atoms with Crippen LogP contribution in [0.25, 0.3) is 5.31 Å². The maximum atomic E-state index is 11.4. The van der Waals surface area contributed by atoms with Gasteiger partial charge in [0.15, 0.2) is 0 Å². The fraction of sp³-hybridized carbons (Fsp3) is 0.567. The van der Waals surface area contributed by atoms with Gasteiger partial charge in [0.05, 0.1) is 25.1 Å². The van der Waals surface area contributed by atoms with Crippen LogP contribution in [0.2, 0.25) is 0 Å². The van der Waals surface area contributed by atoms with E-state index < -0.39 is 7.26 Å². The number of benzene rings is 1. The number of rotatable bonds is 18. The predicted molar refractivity (Wildman–Crippen MR) is 151 cm³/mol. The molecule has 1 aromatic carbocycles. The highest BCUT2D eigenvalue weighted by Crippen LogP contribution is 2.70. The zero-order valence-corrected chi connectivity index (χ0v) is 23.0. The van der Waals surface area contributed by atoms with Crippen LogP contribution in [0.3, 0.4) is 0 Å². The van der Waals surface area contributed by atoms with E-state index in [2.05, 4.69) is 57.2 Å². The summed E-state index contributed by atoms with van der Waals surface area (Å²) in [6, 6.07) is 10.8. The molecule has 0 unspecified atom stereocenters. The molecule has 0 aliphatic rings. The molecule has 0 radical (unpaired) electrons. The van der Waals surface area contributed by atoms with E-state index in [9.17, 15) is 9.90 Å². The molecule has 4 heteroatoms. The summed E-state index contributed by atoms with van der Waals surface area (Å²) in [5, 5.41) is 12.3. The molecule has 0 saturated heterocycles. The van der Waals surface area contributed by atoms with E-state index >= 15 is 0 Å². The number of hydrogen-bond acceptors (Lipinski definition) is 3. The van der Waals surface area contributed by atoms with Crippen molar-refractivity contribution in [3.8, 4) is 0 Å². The highest BCUT2D eigenvalue weighted by atomic mass is 31.2. The van der Waals surface area contributed by atoms with Crippen molar-refractivity contribution in [2.75, 3.05) is 25.1 Å². The van der Waals surface area contributed by atoms with Gasteiger partial charge < -0.3 is 9.84 Å². The molecule has 0 heterocycles. The number of allylic oxidation sites excluding steroid dienone is 3. The average molecular weight is 488 g/mol. The van der Waals surface area contributed by atoms with E-state index in [4.69, 9.17) is 4.74 Å². The Balaban J connectivity index is 3.16. The molecule has 1 rings (SSSR count). The molecule has 190 valence electrons. The fourth-order valence-corrected chi connectivity index (χ4v) is 9.50. The van der Waals surface area contributed by atoms with Crippen molar-refractivity contribution < 1.29 is 14.6 Å². The second-order valence-electron chi connectivity index (χ2n) is 8.99. The fourth-order valence-electron chi connectivity index (χ4n) is 4.24. The summed E-state index contributed by atoms with van der Waals surface area (Å²) in [6.07, 6.45) is 21.1. The second kappa shape index (κ2) is 18.5. The van der Waals surface area contributed by atoms with Crippen molar-refractivity contribution in [1.82, 2.24) is 0 Å². The maximum absolute atomic E-state index is 11.4. The molecular formula is C30H48O3P+. The van der Waals surface area contributed by atoms with E-state index in [1.54, 1.807) is 6.92 Å². The van der Waals surface area contributed by atoms with Crippen LogP contribution in [0.1, 0.15) is 91.0 Å². The lowest BCUT2D eigenvalue weighted by molar-refractivity contribution is -0.137. The first-order chi connectivity index (χ1) is 16.5. The number of unbranched alkanes of at least 4 members (excludes halogenated alkanes) is 5. The number of aliphatic hydroxyl groups excluding tert-OH is 1. The zero-order valence-electron chi connectivity index (χ0n) is 22.1. The number of carbonyl (C=O) groups is 1. The minimum atomic E-state index is -1.40. The SMILES string of the molecule is CCCC[P+](CCCC)(CCCC)/C(=C\C(O)=C\CCC/C=C/C(=O)OCC)c1ccccc1. The van der Waals surface area contributed by atoms with Crippen LogP contribution in [0.5, 0.6) is 0 Å². The van der Waals surface area contributed by atoms with E-state index in [0.717, 1.165) is 19.3 Å². The number of carbonyl (C=O) groups excluding carboxylic acids is 1. The molecule has 0 spiro atoms. The lowest BCUT2D eigenvalue weighted by Gasteiger charge is -2.30. The largest absolute Gasteiger partial charge is 0.508 e. The summed E-state index contributed by atoms with van der Waals surface area (Å²) in [7, 11) is -1.40. The number of aliphatic hydroxyl groups is 1. The Morgan fingerprint density at radius 3 is 2.00 bits per heavy atom. The lowest BCUT2D eigenvalue weighted by atomic mass is 10.2. The van der Waals surface area contributed by atoms with Crippen molar-refractivity contribution in [2.45, 2.75) is 85.5 Å². The first-order valence-corrected chi connectivity index (χ1v) is 15.7. The Hall–Kier alpha value is -1.86. The molecule has 0 atom stereocenters. The molecule has 0 aliphatic heterocycles. The van der Waals surface area contributed by atoms with Gasteiger partial charge in [-0.15, -0.1) is 0 Å². The van der Waals surface area contributed by atoms with Gasteiger partial charge in [-0.2, -0.15) is 0 Å². The van der Waals surface area contributed by atoms with Gasteiger partial charge in [-0.3, -0.25) is 0 Å². The van der Waals surface area contributed by atoms with Gasteiger partial charge in [-0.25, -0.2) is 4.79 Å². The third-order valence-corrected chi connectivity index (χ3v) is 11.1. The van der Waals surface area contributed by atoms with E-state index in [1.807, 2.05) is 12.2 Å². The highest BCUT2D eigenvalue weighted by Gasteiger charge is 2.41. The van der Waals surface area contributed by atoms with Gasteiger partial charge in [0.1, 0.15) is 11.1 Å². The van der Waals surface area contributed by atoms with Crippen LogP contribution in [0, 0.1) is 0 Å². The molecule has 1 N–H and O–H groups in total. The maximum Gasteiger partial charge on any atom is 0.330 e. The molecule has 1 aromatic rings. The molecule has 34 heavy (non-hydrogen) atoms. The minimum Gasteiger partial charge on any atom is -0.508 e. The zero-order chi connectivity index (χ0) is 25.1. The smallest absolute Gasteiger partial charge is 0.330 e. The predicted octanol–water partition coefficient (Wildman–Crippen LogP) is 9.18. The van der Waals surface area contributed by atoms with Crippen LogP contribution < -0.4 is 0 Å². The van der Waals surface area contributed by atoms with Gasteiger partial charge in [0.2, 0.25) is 0 Å². The number of esters is 1. The monoisotopic (exact) mass is 487 g/mol. The highest BCUT2D eigenvalue weighted by molar-refractivity contribution is 7.85. The first kappa shape index (κ1) is 30.2. The molecule has 0 saturated carbocycles. The normalized spacial score (nSPS) is 12.9. The Labute approximate surface area is 209 Å². The van der Waals surface area contributed by atoms with Crippen LogP contribution >= 0.6 is 7.26 Å². The lowest BCUT2D eigenvalue weighted by Crippen LogP contribution is -2.11. The topological polar surface area (TPSA) is 46.5 Å². The van der Waals surface area contributed by atoms with Gasteiger partial charge in [-0.1, -0.05) is 76.4 Å². The van der Waals surface area contributed by atoms with Gasteiger partial charge >= 0.3 is 5.97 Å². The summed E-state index contributed by atoms with van der Waals surface area (Å²) >= 11 is 0. The van der Waals surface area contributed by atoms with Crippen LogP contribution in [-0.2, 0) is 9.53 Å². The average Bonchev–Trinajstić information content (AvgIpc) is 2.85. The Morgan fingerprint density at radius 1 is 0.882 bits per heavy atom. The first-order valence-electron chi connectivity index (χ1n) is 13.4.